The lowest BCUT2D eigenvalue weighted by atomic mass is 10.2. The smallest absolute Gasteiger partial charge is 0.265 e. The van der Waals surface area contributed by atoms with Gasteiger partial charge in [0.15, 0.2) is 0 Å². The molecule has 0 unspecified atom stereocenters. The monoisotopic (exact) mass is 270 g/mol. The van der Waals surface area contributed by atoms with Crippen LogP contribution in [0.3, 0.4) is 0 Å². The van der Waals surface area contributed by atoms with E-state index in [1.165, 1.54) is 23.3 Å². The number of carbonyl (C=O) groups excluding carboxylic acids is 2. The normalized spacial score (nSPS) is 10.0. The maximum atomic E-state index is 11.9. The van der Waals surface area contributed by atoms with Gasteiger partial charge in [-0.05, 0) is 6.92 Å². The second-order valence-corrected chi connectivity index (χ2v) is 4.88. The zero-order chi connectivity index (χ0) is 13.9. The first-order valence-electron chi connectivity index (χ1n) is 5.53. The van der Waals surface area contributed by atoms with Crippen LogP contribution in [0.4, 0.5) is 10.7 Å². The number of rotatable bonds is 4. The number of nitrogens with one attached hydrogen (secondary N) is 2. The lowest BCUT2D eigenvalue weighted by molar-refractivity contribution is 0.0833. The molecule has 4 N–H and O–H groups in total. The summed E-state index contributed by atoms with van der Waals surface area (Å²) in [5.74, 6) is -0.496. The molecule has 100 valence electrons. The maximum Gasteiger partial charge on any atom is 0.265 e. The number of anilines is 2. The molecule has 2 amide bonds. The molecule has 7 heteroatoms. The van der Waals surface area contributed by atoms with Crippen molar-refractivity contribution >= 4 is 33.8 Å². The fourth-order valence-electron chi connectivity index (χ4n) is 1.44. The third-order valence-electron chi connectivity index (χ3n) is 2.34. The minimum Gasteiger partial charge on any atom is -0.397 e. The minimum absolute atomic E-state index is 0.202. The molecule has 0 aromatic carbocycles. The second kappa shape index (κ2) is 5.72. The first kappa shape index (κ1) is 14.3. The lowest BCUT2D eigenvalue weighted by Gasteiger charge is -2.08. The molecule has 0 spiro atoms. The molecule has 0 saturated carbocycles. The van der Waals surface area contributed by atoms with Gasteiger partial charge in [-0.15, -0.1) is 11.3 Å². The Kier molecular flexibility index (Phi) is 4.55. The average Bonchev–Trinajstić information content (AvgIpc) is 2.65. The number of amides is 2. The lowest BCUT2D eigenvalue weighted by Crippen LogP contribution is -2.23. The van der Waals surface area contributed by atoms with Crippen LogP contribution in [0.25, 0.3) is 0 Å². The van der Waals surface area contributed by atoms with E-state index in [-0.39, 0.29) is 17.5 Å². The molecule has 0 atom stereocenters. The molecular weight excluding hydrogens is 252 g/mol. The van der Waals surface area contributed by atoms with Gasteiger partial charge in [-0.1, -0.05) is 0 Å². The van der Waals surface area contributed by atoms with Crippen LogP contribution in [-0.2, 0) is 0 Å². The van der Waals surface area contributed by atoms with Crippen molar-refractivity contribution in [1.82, 2.24) is 10.2 Å². The second-order valence-electron chi connectivity index (χ2n) is 3.86. The summed E-state index contributed by atoms with van der Waals surface area (Å²) in [6, 6.07) is 0. The molecule has 0 saturated heterocycles. The third kappa shape index (κ3) is 2.56. The average molecular weight is 270 g/mol. The molecule has 0 fully saturated rings. The van der Waals surface area contributed by atoms with E-state index in [1.54, 1.807) is 14.1 Å². The number of carbonyl (C=O) groups is 2. The van der Waals surface area contributed by atoms with E-state index in [0.29, 0.717) is 22.0 Å². The van der Waals surface area contributed by atoms with Gasteiger partial charge in [-0.25, -0.2) is 0 Å². The molecule has 0 bridgehead atoms. The Balaban J connectivity index is 3.32. The third-order valence-corrected chi connectivity index (χ3v) is 3.49. The number of hydrogen-bond acceptors (Lipinski definition) is 5. The highest BCUT2D eigenvalue weighted by Gasteiger charge is 2.25. The largest absolute Gasteiger partial charge is 0.397 e. The van der Waals surface area contributed by atoms with Gasteiger partial charge >= 0.3 is 0 Å². The Bertz CT molecular complexity index is 468. The first-order chi connectivity index (χ1) is 8.43. The highest BCUT2D eigenvalue weighted by molar-refractivity contribution is 7.19. The summed E-state index contributed by atoms with van der Waals surface area (Å²) in [5, 5.41) is 6.20. The Morgan fingerprint density at radius 3 is 2.44 bits per heavy atom. The summed E-state index contributed by atoms with van der Waals surface area (Å²) >= 11 is 1.20. The van der Waals surface area contributed by atoms with Crippen LogP contribution < -0.4 is 16.4 Å². The highest BCUT2D eigenvalue weighted by atomic mass is 32.1. The fraction of sp³-hybridized carbons (Fsp3) is 0.455. The Labute approximate surface area is 110 Å². The standard InChI is InChI=1S/C11H18N4O2S/c1-5-14-10-6(9(16)13-2)7(12)8(18-10)11(17)15(3)4/h14H,5,12H2,1-4H3,(H,13,16). The zero-order valence-corrected chi connectivity index (χ0v) is 11.8. The van der Waals surface area contributed by atoms with Crippen LogP contribution in [0.5, 0.6) is 0 Å². The van der Waals surface area contributed by atoms with Crippen molar-refractivity contribution in [1.29, 1.82) is 0 Å². The van der Waals surface area contributed by atoms with Gasteiger partial charge < -0.3 is 21.3 Å². The molecule has 1 heterocycles. The fourth-order valence-corrected chi connectivity index (χ4v) is 2.65. The van der Waals surface area contributed by atoms with Crippen molar-refractivity contribution in [2.75, 3.05) is 38.7 Å². The molecule has 18 heavy (non-hydrogen) atoms. The summed E-state index contributed by atoms with van der Waals surface area (Å²) < 4.78 is 0. The number of nitrogen functional groups attached to an aromatic ring is 1. The van der Waals surface area contributed by atoms with Gasteiger partial charge in [0.25, 0.3) is 11.8 Å². The Morgan fingerprint density at radius 1 is 1.39 bits per heavy atom. The Hall–Kier alpha value is -1.76. The summed E-state index contributed by atoms with van der Waals surface area (Å²) in [4.78, 5) is 25.5. The molecule has 6 nitrogen and oxygen atoms in total. The van der Waals surface area contributed by atoms with Gasteiger partial charge in [0.2, 0.25) is 0 Å². The van der Waals surface area contributed by atoms with Crippen LogP contribution in [0.15, 0.2) is 0 Å². The zero-order valence-electron chi connectivity index (χ0n) is 11.0. The van der Waals surface area contributed by atoms with E-state index in [0.717, 1.165) is 0 Å². The number of thiophene rings is 1. The van der Waals surface area contributed by atoms with E-state index >= 15 is 0 Å². The van der Waals surface area contributed by atoms with Crippen LogP contribution in [0.1, 0.15) is 27.0 Å². The topological polar surface area (TPSA) is 87.5 Å². The molecule has 1 rings (SSSR count). The summed E-state index contributed by atoms with van der Waals surface area (Å²) in [6.07, 6.45) is 0. The van der Waals surface area contributed by atoms with Crippen LogP contribution >= 0.6 is 11.3 Å². The van der Waals surface area contributed by atoms with Gasteiger partial charge in [0.05, 0.1) is 11.3 Å². The predicted molar refractivity (Wildman–Crippen MR) is 74.3 cm³/mol. The summed E-state index contributed by atoms with van der Waals surface area (Å²) in [7, 11) is 4.82. The van der Waals surface area contributed by atoms with Gasteiger partial charge in [0, 0.05) is 27.7 Å². The van der Waals surface area contributed by atoms with Crippen molar-refractivity contribution < 1.29 is 9.59 Å². The molecule has 0 radical (unpaired) electrons. The van der Waals surface area contributed by atoms with Crippen LogP contribution in [0, 0.1) is 0 Å². The van der Waals surface area contributed by atoms with E-state index in [2.05, 4.69) is 10.6 Å². The number of nitrogens with zero attached hydrogens (tertiary/aromatic N) is 1. The van der Waals surface area contributed by atoms with Crippen molar-refractivity contribution in [3.63, 3.8) is 0 Å². The summed E-state index contributed by atoms with van der Waals surface area (Å²) in [5.41, 5.74) is 6.48. The van der Waals surface area contributed by atoms with E-state index < -0.39 is 0 Å². The Morgan fingerprint density at radius 2 is 2.00 bits per heavy atom. The van der Waals surface area contributed by atoms with Gasteiger partial charge in [0.1, 0.15) is 9.88 Å². The summed E-state index contributed by atoms with van der Waals surface area (Å²) in [6.45, 7) is 2.57. The molecule has 0 aliphatic heterocycles. The first-order valence-corrected chi connectivity index (χ1v) is 6.35. The van der Waals surface area contributed by atoms with Crippen molar-refractivity contribution in [3.8, 4) is 0 Å². The van der Waals surface area contributed by atoms with Crippen LogP contribution in [-0.4, -0.2) is 44.4 Å². The molecular formula is C11H18N4O2S. The molecule has 1 aromatic rings. The predicted octanol–water partition coefficient (Wildman–Crippen LogP) is 0.823. The number of nitrogens with two attached hydrogens (primary N) is 1. The van der Waals surface area contributed by atoms with Crippen molar-refractivity contribution in [2.45, 2.75) is 6.92 Å². The molecule has 0 aliphatic rings. The molecule has 0 aliphatic carbocycles. The highest BCUT2D eigenvalue weighted by Crippen LogP contribution is 2.36. The number of hydrogen-bond donors (Lipinski definition) is 3. The van der Waals surface area contributed by atoms with Gasteiger partial charge in [-0.3, -0.25) is 9.59 Å². The van der Waals surface area contributed by atoms with Gasteiger partial charge in [-0.2, -0.15) is 0 Å². The van der Waals surface area contributed by atoms with Crippen molar-refractivity contribution in [2.24, 2.45) is 0 Å². The van der Waals surface area contributed by atoms with E-state index in [9.17, 15) is 9.59 Å². The maximum absolute atomic E-state index is 11.9. The van der Waals surface area contributed by atoms with E-state index in [4.69, 9.17) is 5.73 Å². The van der Waals surface area contributed by atoms with Crippen LogP contribution in [0.2, 0.25) is 0 Å². The van der Waals surface area contributed by atoms with Crippen molar-refractivity contribution in [3.05, 3.63) is 10.4 Å². The minimum atomic E-state index is -0.294. The molecule has 1 aromatic heterocycles. The SMILES string of the molecule is CCNc1sc(C(=O)N(C)C)c(N)c1C(=O)NC. The van der Waals surface area contributed by atoms with E-state index in [1.807, 2.05) is 6.92 Å². The quantitative estimate of drug-likeness (QED) is 0.756.